The highest BCUT2D eigenvalue weighted by atomic mass is 32.2. The summed E-state index contributed by atoms with van der Waals surface area (Å²) >= 11 is 1.44. The van der Waals surface area contributed by atoms with E-state index in [9.17, 15) is 28.6 Å². The van der Waals surface area contributed by atoms with Crippen molar-refractivity contribution in [1.82, 2.24) is 25.2 Å². The zero-order valence-electron chi connectivity index (χ0n) is 33.0. The van der Waals surface area contributed by atoms with Gasteiger partial charge in [0.1, 0.15) is 11.4 Å². The molecule has 2 aliphatic heterocycles. The monoisotopic (exact) mass is 829 g/mol. The molecule has 1 aromatic heterocycles. The average Bonchev–Trinajstić information content (AvgIpc) is 3.75. The second-order valence-electron chi connectivity index (χ2n) is 14.7. The van der Waals surface area contributed by atoms with Crippen molar-refractivity contribution < 1.29 is 33.2 Å². The third-order valence-corrected chi connectivity index (χ3v) is 12.3. The lowest BCUT2D eigenvalue weighted by atomic mass is 9.95. The molecule has 308 valence electrons. The van der Waals surface area contributed by atoms with Crippen LogP contribution in [0.4, 0.5) is 5.69 Å². The Balaban J connectivity index is 1.05. The van der Waals surface area contributed by atoms with E-state index in [4.69, 9.17) is 10.3 Å². The minimum absolute atomic E-state index is 0.0179. The summed E-state index contributed by atoms with van der Waals surface area (Å²) in [5.74, 6) is -0.402. The predicted molar refractivity (Wildman–Crippen MR) is 225 cm³/mol. The Kier molecular flexibility index (Phi) is 14.7. The molecule has 0 saturated carbocycles. The summed E-state index contributed by atoms with van der Waals surface area (Å²) in [4.78, 5) is 64.7. The molecule has 4 N–H and O–H groups in total. The molecule has 4 aromatic rings. The van der Waals surface area contributed by atoms with E-state index in [2.05, 4.69) is 34.7 Å². The Morgan fingerprint density at radius 2 is 1.72 bits per heavy atom. The number of carbonyl (C=O) groups excluding carboxylic acids is 4. The largest absolute Gasteiger partial charge is 0.356 e. The van der Waals surface area contributed by atoms with E-state index in [0.717, 1.165) is 77.3 Å². The lowest BCUT2D eigenvalue weighted by molar-refractivity contribution is -0.138. The van der Waals surface area contributed by atoms with Crippen LogP contribution in [-0.4, -0.2) is 91.8 Å². The van der Waals surface area contributed by atoms with Gasteiger partial charge in [-0.1, -0.05) is 79.6 Å². The Hall–Kier alpha value is -4.66. The van der Waals surface area contributed by atoms with Crippen LogP contribution in [0.5, 0.6) is 0 Å². The average molecular weight is 830 g/mol. The standard InChI is InChI=1S/C42H52N7O7PS/c1-3-31(43)26-29-16-18-32(19-17-29)49-41-34-14-8-9-15-35(34)48(28-30-12-6-7-13-33(30)40(41)45-46-49)38(51)20-22-44-37(50)21-23-47-39(52)27-36(42(47)53)58-25-11-5-4-10-24-56-57(2,54)55/h6-9,12-19,31,36H,3-5,10-11,20-28,43H2,1-2H3,(H,44,50)(H,54,55). The molecule has 58 heavy (non-hydrogen) atoms. The Labute approximate surface area is 343 Å². The summed E-state index contributed by atoms with van der Waals surface area (Å²) in [6.07, 6.45) is 4.97. The molecule has 6 rings (SSSR count). The number of nitrogens with zero attached hydrogens (tertiary/aromatic N) is 5. The maximum Gasteiger partial charge on any atom is 0.325 e. The van der Waals surface area contributed by atoms with Gasteiger partial charge in [0.2, 0.25) is 23.6 Å². The molecule has 0 bridgehead atoms. The van der Waals surface area contributed by atoms with Gasteiger partial charge in [-0.25, -0.2) is 4.68 Å². The first-order valence-electron chi connectivity index (χ1n) is 19.9. The van der Waals surface area contributed by atoms with Crippen LogP contribution in [0.1, 0.15) is 69.4 Å². The number of aromatic nitrogens is 3. The summed E-state index contributed by atoms with van der Waals surface area (Å²) in [5, 5.41) is 11.6. The number of anilines is 1. The van der Waals surface area contributed by atoms with Crippen molar-refractivity contribution in [3.8, 4) is 28.2 Å². The fourth-order valence-corrected chi connectivity index (χ4v) is 8.82. The number of unbranched alkanes of at least 4 members (excludes halogenated alkanes) is 3. The number of imide groups is 1. The van der Waals surface area contributed by atoms with Crippen molar-refractivity contribution in [3.63, 3.8) is 0 Å². The third kappa shape index (κ3) is 10.9. The zero-order valence-corrected chi connectivity index (χ0v) is 34.8. The number of para-hydroxylation sites is 1. The molecule has 16 heteroatoms. The number of nitrogens with one attached hydrogen (secondary N) is 1. The lowest BCUT2D eigenvalue weighted by Gasteiger charge is -2.29. The highest BCUT2D eigenvalue weighted by Crippen LogP contribution is 2.42. The third-order valence-electron chi connectivity index (χ3n) is 10.3. The van der Waals surface area contributed by atoms with Crippen LogP contribution in [0.2, 0.25) is 0 Å². The van der Waals surface area contributed by atoms with Crippen molar-refractivity contribution in [1.29, 1.82) is 0 Å². The number of likely N-dealkylation sites (tertiary alicyclic amines) is 1. The van der Waals surface area contributed by atoms with Crippen LogP contribution in [0.15, 0.2) is 72.8 Å². The molecule has 1 fully saturated rings. The molecule has 0 radical (unpaired) electrons. The first kappa shape index (κ1) is 42.9. The van der Waals surface area contributed by atoms with Crippen LogP contribution in [0.25, 0.3) is 28.2 Å². The molecular formula is C42H52N7O7PS. The predicted octanol–water partition coefficient (Wildman–Crippen LogP) is 5.88. The van der Waals surface area contributed by atoms with Gasteiger partial charge in [-0.3, -0.25) is 28.6 Å². The summed E-state index contributed by atoms with van der Waals surface area (Å²) in [6.45, 7) is 3.83. The van der Waals surface area contributed by atoms with Gasteiger partial charge < -0.3 is 25.4 Å². The van der Waals surface area contributed by atoms with Gasteiger partial charge in [-0.15, -0.1) is 16.9 Å². The van der Waals surface area contributed by atoms with Crippen LogP contribution >= 0.6 is 19.4 Å². The number of nitrogens with two attached hydrogens (primary N) is 1. The fraction of sp³-hybridized carbons (Fsp3) is 0.429. The number of fused-ring (bicyclic) bond motifs is 5. The van der Waals surface area contributed by atoms with Crippen LogP contribution in [-0.2, 0) is 41.2 Å². The Morgan fingerprint density at radius 3 is 2.48 bits per heavy atom. The number of thioether (sulfide) groups is 1. The number of carbonyl (C=O) groups is 4. The van der Waals surface area contributed by atoms with Gasteiger partial charge in [-0.05, 0) is 60.8 Å². The molecule has 1 saturated heterocycles. The number of benzene rings is 3. The molecule has 0 spiro atoms. The first-order valence-corrected chi connectivity index (χ1v) is 23.0. The van der Waals surface area contributed by atoms with Crippen LogP contribution < -0.4 is 16.0 Å². The highest BCUT2D eigenvalue weighted by Gasteiger charge is 2.38. The fourth-order valence-electron chi connectivity index (χ4n) is 7.16. The molecule has 3 heterocycles. The number of hydrogen-bond acceptors (Lipinski definition) is 10. The van der Waals surface area contributed by atoms with Gasteiger partial charge in [0.25, 0.3) is 0 Å². The quantitative estimate of drug-likeness (QED) is 0.0582. The number of hydrogen-bond donors (Lipinski definition) is 3. The van der Waals surface area contributed by atoms with Crippen molar-refractivity contribution in [3.05, 3.63) is 83.9 Å². The van der Waals surface area contributed by atoms with Gasteiger partial charge in [0.15, 0.2) is 0 Å². The summed E-state index contributed by atoms with van der Waals surface area (Å²) in [7, 11) is -3.45. The lowest BCUT2D eigenvalue weighted by Crippen LogP contribution is -2.37. The molecule has 0 aliphatic carbocycles. The molecular weight excluding hydrogens is 778 g/mol. The van der Waals surface area contributed by atoms with Crippen molar-refractivity contribution in [2.24, 2.45) is 5.73 Å². The maximum atomic E-state index is 14.1. The molecule has 14 nitrogen and oxygen atoms in total. The van der Waals surface area contributed by atoms with E-state index < -0.39 is 12.8 Å². The van der Waals surface area contributed by atoms with Crippen LogP contribution in [0.3, 0.4) is 0 Å². The van der Waals surface area contributed by atoms with E-state index >= 15 is 0 Å². The first-order chi connectivity index (χ1) is 27.9. The minimum Gasteiger partial charge on any atom is -0.356 e. The molecule has 3 unspecified atom stereocenters. The van der Waals surface area contributed by atoms with Crippen LogP contribution in [0, 0.1) is 0 Å². The SMILES string of the molecule is CCC(N)Cc1ccc(-n2nnc3c2-c2ccccc2N(C(=O)CCNC(=O)CCN2C(=O)CC(SCCCCCCOP(C)(=O)O)C2=O)Cc2ccccc2-3)cc1. The normalized spacial score (nSPS) is 16.5. The van der Waals surface area contributed by atoms with E-state index in [0.29, 0.717) is 30.1 Å². The summed E-state index contributed by atoms with van der Waals surface area (Å²) < 4.78 is 17.9. The van der Waals surface area contributed by atoms with Gasteiger partial charge in [0.05, 0.1) is 29.8 Å². The molecule has 3 aromatic carbocycles. The summed E-state index contributed by atoms with van der Waals surface area (Å²) in [5.41, 5.74) is 12.9. The van der Waals surface area contributed by atoms with Gasteiger partial charge in [0, 0.05) is 56.2 Å². The van der Waals surface area contributed by atoms with Gasteiger partial charge >= 0.3 is 7.60 Å². The maximum absolute atomic E-state index is 14.1. The van der Waals surface area contributed by atoms with Crippen molar-refractivity contribution >= 4 is 48.7 Å². The Morgan fingerprint density at radius 1 is 1.00 bits per heavy atom. The second kappa shape index (κ2) is 19.9. The molecule has 2 aliphatic rings. The number of amides is 4. The van der Waals surface area contributed by atoms with Crippen molar-refractivity contribution in [2.45, 2.75) is 82.5 Å². The van der Waals surface area contributed by atoms with E-state index in [1.165, 1.54) is 11.8 Å². The zero-order chi connectivity index (χ0) is 41.2. The second-order valence-corrected chi connectivity index (χ2v) is 17.9. The van der Waals surface area contributed by atoms with Crippen molar-refractivity contribution in [2.75, 3.05) is 37.0 Å². The molecule has 3 atom stereocenters. The van der Waals surface area contributed by atoms with Gasteiger partial charge in [-0.2, -0.15) is 0 Å². The Bertz CT molecular complexity index is 2140. The van der Waals surface area contributed by atoms with E-state index in [1.54, 1.807) is 4.90 Å². The highest BCUT2D eigenvalue weighted by molar-refractivity contribution is 8.00. The molecule has 4 amide bonds. The number of rotatable bonds is 19. The van der Waals surface area contributed by atoms with E-state index in [1.807, 2.05) is 65.3 Å². The smallest absolute Gasteiger partial charge is 0.325 e. The summed E-state index contributed by atoms with van der Waals surface area (Å²) in [6, 6.07) is 23.8. The van der Waals surface area contributed by atoms with E-state index in [-0.39, 0.29) is 68.6 Å². The minimum atomic E-state index is -3.45. The topological polar surface area (TPSA) is 190 Å².